The second-order valence-corrected chi connectivity index (χ2v) is 3.50. The van der Waals surface area contributed by atoms with Gasteiger partial charge in [0.05, 0.1) is 11.3 Å². The summed E-state index contributed by atoms with van der Waals surface area (Å²) in [4.78, 5) is 3.79. The summed E-state index contributed by atoms with van der Waals surface area (Å²) >= 11 is 0. The molecule has 0 bridgehead atoms. The molecule has 1 aromatic rings. The van der Waals surface area contributed by atoms with Crippen LogP contribution in [0.25, 0.3) is 5.70 Å². The van der Waals surface area contributed by atoms with Crippen molar-refractivity contribution in [3.05, 3.63) is 41.5 Å². The molecule has 1 heterocycles. The van der Waals surface area contributed by atoms with Crippen LogP contribution >= 0.6 is 0 Å². The van der Waals surface area contributed by atoms with Gasteiger partial charge in [0.15, 0.2) is 0 Å². The van der Waals surface area contributed by atoms with Gasteiger partial charge in [-0.15, -0.1) is 0 Å². The average molecular weight is 242 g/mol. The Balaban J connectivity index is 2.30. The Hall–Kier alpha value is -1.82. The van der Waals surface area contributed by atoms with Gasteiger partial charge in [-0.05, 0) is 18.2 Å². The maximum absolute atomic E-state index is 12.3. The first-order valence-corrected chi connectivity index (χ1v) is 4.82. The van der Waals surface area contributed by atoms with Crippen LogP contribution in [0.1, 0.15) is 11.1 Å². The smallest absolute Gasteiger partial charge is 0.287 e. The van der Waals surface area contributed by atoms with Crippen LogP contribution in [0.5, 0.6) is 0 Å². The Bertz CT molecular complexity index is 463. The number of aliphatic imine (C=N–C) groups is 1. The SMILES string of the molecule is ON1CN=CC=C1c1ccc(C(F)(F)F)cc1. The van der Waals surface area contributed by atoms with Gasteiger partial charge in [-0.25, -0.2) is 5.06 Å². The Morgan fingerprint density at radius 3 is 2.35 bits per heavy atom. The molecule has 0 saturated carbocycles. The summed E-state index contributed by atoms with van der Waals surface area (Å²) < 4.78 is 37.0. The fourth-order valence-electron chi connectivity index (χ4n) is 1.49. The summed E-state index contributed by atoms with van der Waals surface area (Å²) in [5.74, 6) is 0. The third kappa shape index (κ3) is 2.47. The van der Waals surface area contributed by atoms with E-state index in [-0.39, 0.29) is 6.67 Å². The Kier molecular flexibility index (Phi) is 2.89. The molecule has 0 aromatic heterocycles. The monoisotopic (exact) mass is 242 g/mol. The van der Waals surface area contributed by atoms with Crippen molar-refractivity contribution >= 4 is 11.9 Å². The Labute approximate surface area is 95.5 Å². The summed E-state index contributed by atoms with van der Waals surface area (Å²) in [5, 5.41) is 10.4. The summed E-state index contributed by atoms with van der Waals surface area (Å²) in [6.07, 6.45) is -1.31. The van der Waals surface area contributed by atoms with Gasteiger partial charge in [-0.1, -0.05) is 12.1 Å². The number of benzene rings is 1. The highest BCUT2D eigenvalue weighted by atomic mass is 19.4. The fourth-order valence-corrected chi connectivity index (χ4v) is 1.49. The zero-order valence-corrected chi connectivity index (χ0v) is 8.65. The molecule has 2 rings (SSSR count). The van der Waals surface area contributed by atoms with Crippen LogP contribution in [-0.4, -0.2) is 23.2 Å². The van der Waals surface area contributed by atoms with Crippen molar-refractivity contribution in [1.82, 2.24) is 5.06 Å². The van der Waals surface area contributed by atoms with Crippen LogP contribution < -0.4 is 0 Å². The second kappa shape index (κ2) is 4.21. The minimum absolute atomic E-state index is 0.0762. The van der Waals surface area contributed by atoms with E-state index in [1.54, 1.807) is 0 Å². The zero-order chi connectivity index (χ0) is 12.5. The molecule has 17 heavy (non-hydrogen) atoms. The molecular weight excluding hydrogens is 233 g/mol. The van der Waals surface area contributed by atoms with Crippen LogP contribution in [0, 0.1) is 0 Å². The Morgan fingerprint density at radius 2 is 1.82 bits per heavy atom. The molecule has 0 atom stereocenters. The molecule has 0 aliphatic carbocycles. The van der Waals surface area contributed by atoms with Crippen LogP contribution in [0.15, 0.2) is 35.3 Å². The first kappa shape index (κ1) is 11.7. The molecule has 0 radical (unpaired) electrons. The molecule has 1 N–H and O–H groups in total. The number of hydrogen-bond acceptors (Lipinski definition) is 3. The Morgan fingerprint density at radius 1 is 1.18 bits per heavy atom. The van der Waals surface area contributed by atoms with E-state index in [1.807, 2.05) is 0 Å². The van der Waals surface area contributed by atoms with Crippen LogP contribution in [-0.2, 0) is 6.18 Å². The number of allylic oxidation sites excluding steroid dienone is 1. The number of rotatable bonds is 1. The number of alkyl halides is 3. The maximum Gasteiger partial charge on any atom is 0.416 e. The third-order valence-corrected chi connectivity index (χ3v) is 2.34. The molecule has 90 valence electrons. The summed E-state index contributed by atoms with van der Waals surface area (Å²) in [7, 11) is 0. The predicted octanol–water partition coefficient (Wildman–Crippen LogP) is 2.78. The van der Waals surface area contributed by atoms with Gasteiger partial charge in [-0.3, -0.25) is 10.2 Å². The molecule has 6 heteroatoms. The standard InChI is InChI=1S/C11H9F3N2O/c12-11(13,14)9-3-1-8(2-4-9)10-5-6-15-7-16(10)17/h1-6,17H,7H2. The molecule has 1 aromatic carbocycles. The van der Waals surface area contributed by atoms with Gasteiger partial charge in [0.2, 0.25) is 0 Å². The van der Waals surface area contributed by atoms with Crippen LogP contribution in [0.4, 0.5) is 13.2 Å². The number of hydroxylamine groups is 2. The minimum atomic E-state index is -4.35. The van der Waals surface area contributed by atoms with Crippen molar-refractivity contribution in [3.63, 3.8) is 0 Å². The normalized spacial score (nSPS) is 16.0. The predicted molar refractivity (Wildman–Crippen MR) is 56.4 cm³/mol. The lowest BCUT2D eigenvalue weighted by Gasteiger charge is -2.20. The lowest BCUT2D eigenvalue weighted by molar-refractivity contribution is -0.137. The van der Waals surface area contributed by atoms with Crippen molar-refractivity contribution in [3.8, 4) is 0 Å². The molecule has 0 unspecified atom stereocenters. The maximum atomic E-state index is 12.3. The average Bonchev–Trinajstić information content (AvgIpc) is 2.29. The van der Waals surface area contributed by atoms with E-state index in [9.17, 15) is 18.4 Å². The van der Waals surface area contributed by atoms with Crippen molar-refractivity contribution < 1.29 is 18.4 Å². The molecule has 0 saturated heterocycles. The van der Waals surface area contributed by atoms with Crippen molar-refractivity contribution in [2.24, 2.45) is 4.99 Å². The second-order valence-electron chi connectivity index (χ2n) is 3.50. The first-order valence-electron chi connectivity index (χ1n) is 4.82. The highest BCUT2D eigenvalue weighted by Gasteiger charge is 2.30. The van der Waals surface area contributed by atoms with E-state index < -0.39 is 11.7 Å². The molecule has 0 fully saturated rings. The van der Waals surface area contributed by atoms with Gasteiger partial charge in [0, 0.05) is 11.8 Å². The van der Waals surface area contributed by atoms with Crippen LogP contribution in [0.3, 0.4) is 0 Å². The highest BCUT2D eigenvalue weighted by Crippen LogP contribution is 2.30. The molecular formula is C11H9F3N2O. The van der Waals surface area contributed by atoms with E-state index in [0.717, 1.165) is 17.2 Å². The number of halogens is 3. The lowest BCUT2D eigenvalue weighted by Crippen LogP contribution is -2.20. The zero-order valence-electron chi connectivity index (χ0n) is 8.65. The van der Waals surface area contributed by atoms with Crippen molar-refractivity contribution in [1.29, 1.82) is 0 Å². The van der Waals surface area contributed by atoms with Crippen molar-refractivity contribution in [2.45, 2.75) is 6.18 Å². The lowest BCUT2D eigenvalue weighted by atomic mass is 10.1. The van der Waals surface area contributed by atoms with Gasteiger partial charge in [0.1, 0.15) is 6.67 Å². The van der Waals surface area contributed by atoms with Crippen molar-refractivity contribution in [2.75, 3.05) is 6.67 Å². The van der Waals surface area contributed by atoms with E-state index in [1.165, 1.54) is 24.4 Å². The van der Waals surface area contributed by atoms with E-state index in [4.69, 9.17) is 0 Å². The highest BCUT2D eigenvalue weighted by molar-refractivity contribution is 5.84. The summed E-state index contributed by atoms with van der Waals surface area (Å²) in [5.41, 5.74) is 0.219. The van der Waals surface area contributed by atoms with Gasteiger partial charge >= 0.3 is 6.18 Å². The van der Waals surface area contributed by atoms with Gasteiger partial charge in [-0.2, -0.15) is 13.2 Å². The molecule has 1 aliphatic rings. The largest absolute Gasteiger partial charge is 0.416 e. The van der Waals surface area contributed by atoms with Gasteiger partial charge < -0.3 is 0 Å². The quantitative estimate of drug-likeness (QED) is 0.821. The molecule has 1 aliphatic heterocycles. The number of nitrogens with zero attached hydrogens (tertiary/aromatic N) is 2. The summed E-state index contributed by atoms with van der Waals surface area (Å²) in [6.45, 7) is 0.0762. The minimum Gasteiger partial charge on any atom is -0.287 e. The molecule has 0 spiro atoms. The number of hydrogen-bond donors (Lipinski definition) is 1. The topological polar surface area (TPSA) is 35.8 Å². The van der Waals surface area contributed by atoms with E-state index in [2.05, 4.69) is 4.99 Å². The van der Waals surface area contributed by atoms with E-state index >= 15 is 0 Å². The third-order valence-electron chi connectivity index (χ3n) is 2.34. The summed E-state index contributed by atoms with van der Waals surface area (Å²) in [6, 6.07) is 4.60. The van der Waals surface area contributed by atoms with E-state index in [0.29, 0.717) is 11.3 Å². The van der Waals surface area contributed by atoms with Crippen LogP contribution in [0.2, 0.25) is 0 Å². The first-order chi connectivity index (χ1) is 7.98. The molecule has 3 nitrogen and oxygen atoms in total. The van der Waals surface area contributed by atoms with Gasteiger partial charge in [0.25, 0.3) is 0 Å². The molecule has 0 amide bonds. The fraction of sp³-hybridized carbons (Fsp3) is 0.182.